The Morgan fingerprint density at radius 2 is 2.00 bits per heavy atom. The number of carbonyl (C=O) groups is 1. The number of nitrogens with zero attached hydrogens (tertiary/aromatic N) is 1. The van der Waals surface area contributed by atoms with Crippen LogP contribution in [0.3, 0.4) is 0 Å². The number of carboxylic acids is 1. The minimum atomic E-state index is -4.52. The molecular formula is C7H2F3INNaO2. The number of hydrogen-bond donors (Lipinski definition) is 0. The monoisotopic (exact) mass is 339 g/mol. The zero-order chi connectivity index (χ0) is 10.9. The fourth-order valence-electron chi connectivity index (χ4n) is 0.743. The van der Waals surface area contributed by atoms with Crippen LogP contribution in [0.1, 0.15) is 16.1 Å². The van der Waals surface area contributed by atoms with E-state index in [0.717, 1.165) is 0 Å². The summed E-state index contributed by atoms with van der Waals surface area (Å²) in [5, 5.41) is 10.3. The van der Waals surface area contributed by atoms with Crippen LogP contribution in [0.5, 0.6) is 0 Å². The van der Waals surface area contributed by atoms with E-state index in [0.29, 0.717) is 12.3 Å². The zero-order valence-electron chi connectivity index (χ0n) is 7.43. The van der Waals surface area contributed by atoms with Gasteiger partial charge in [0.05, 0.1) is 17.2 Å². The third kappa shape index (κ3) is 3.89. The molecule has 0 aliphatic heterocycles. The fourth-order valence-corrected chi connectivity index (χ4v) is 1.44. The quantitative estimate of drug-likeness (QED) is 0.443. The molecule has 1 rings (SSSR count). The molecule has 76 valence electrons. The minimum absolute atomic E-state index is 0. The molecule has 0 bridgehead atoms. The average Bonchev–Trinajstić information content (AvgIpc) is 2.01. The van der Waals surface area contributed by atoms with Gasteiger partial charge in [0.2, 0.25) is 0 Å². The summed E-state index contributed by atoms with van der Waals surface area (Å²) in [6, 6.07) is 0.707. The second-order valence-corrected chi connectivity index (χ2v) is 3.50. The van der Waals surface area contributed by atoms with E-state index < -0.39 is 23.4 Å². The Labute approximate surface area is 119 Å². The zero-order valence-corrected chi connectivity index (χ0v) is 11.6. The van der Waals surface area contributed by atoms with Crippen LogP contribution >= 0.6 is 22.6 Å². The summed E-state index contributed by atoms with van der Waals surface area (Å²) in [4.78, 5) is 13.5. The van der Waals surface area contributed by atoms with Gasteiger partial charge in [-0.05, 0) is 28.7 Å². The molecule has 0 radical (unpaired) electrons. The number of rotatable bonds is 1. The normalized spacial score (nSPS) is 10.7. The van der Waals surface area contributed by atoms with E-state index in [9.17, 15) is 23.1 Å². The maximum Gasteiger partial charge on any atom is 1.00 e. The van der Waals surface area contributed by atoms with Crippen molar-refractivity contribution in [2.24, 2.45) is 0 Å². The summed E-state index contributed by atoms with van der Waals surface area (Å²) < 4.78 is 36.2. The molecule has 1 heterocycles. The second kappa shape index (κ2) is 5.46. The number of aromatic carboxylic acids is 1. The van der Waals surface area contributed by atoms with Crippen LogP contribution in [0.2, 0.25) is 0 Å². The maximum absolute atomic E-state index is 12.1. The molecule has 1 aromatic heterocycles. The van der Waals surface area contributed by atoms with Crippen molar-refractivity contribution in [1.29, 1.82) is 0 Å². The Morgan fingerprint density at radius 1 is 1.47 bits per heavy atom. The summed E-state index contributed by atoms with van der Waals surface area (Å²) in [5.41, 5.74) is -1.47. The molecule has 0 saturated heterocycles. The Kier molecular flexibility index (Phi) is 5.51. The van der Waals surface area contributed by atoms with E-state index in [1.165, 1.54) is 22.6 Å². The number of carboxylic acid groups (broad SMARTS) is 1. The first-order valence-electron chi connectivity index (χ1n) is 3.26. The van der Waals surface area contributed by atoms with E-state index >= 15 is 0 Å². The van der Waals surface area contributed by atoms with Crippen molar-refractivity contribution in [3.63, 3.8) is 0 Å². The van der Waals surface area contributed by atoms with Crippen molar-refractivity contribution in [2.75, 3.05) is 0 Å². The molecule has 0 atom stereocenters. The van der Waals surface area contributed by atoms with E-state index in [-0.39, 0.29) is 33.1 Å². The van der Waals surface area contributed by atoms with Gasteiger partial charge in [0, 0.05) is 9.77 Å². The Balaban J connectivity index is 0.00000196. The van der Waals surface area contributed by atoms with Crippen molar-refractivity contribution < 1.29 is 52.6 Å². The number of hydrogen-bond acceptors (Lipinski definition) is 3. The summed E-state index contributed by atoms with van der Waals surface area (Å²) in [6.07, 6.45) is -4.05. The van der Waals surface area contributed by atoms with Crippen LogP contribution < -0.4 is 34.7 Å². The summed E-state index contributed by atoms with van der Waals surface area (Å²) in [6.45, 7) is 0. The van der Waals surface area contributed by atoms with E-state index in [2.05, 4.69) is 4.98 Å². The van der Waals surface area contributed by atoms with E-state index in [1.807, 2.05) is 0 Å². The average molecular weight is 339 g/mol. The topological polar surface area (TPSA) is 53.0 Å². The van der Waals surface area contributed by atoms with Gasteiger partial charge in [0.15, 0.2) is 0 Å². The van der Waals surface area contributed by atoms with Gasteiger partial charge in [-0.2, -0.15) is 13.2 Å². The van der Waals surface area contributed by atoms with Crippen molar-refractivity contribution in [3.05, 3.63) is 27.1 Å². The second-order valence-electron chi connectivity index (χ2n) is 2.34. The molecule has 0 N–H and O–H groups in total. The molecule has 0 spiro atoms. The number of halogens is 4. The van der Waals surface area contributed by atoms with Gasteiger partial charge in [-0.1, -0.05) is 0 Å². The molecule has 0 unspecified atom stereocenters. The molecule has 1 aromatic rings. The van der Waals surface area contributed by atoms with Gasteiger partial charge < -0.3 is 9.90 Å². The molecule has 0 aromatic carbocycles. The maximum atomic E-state index is 12.1. The largest absolute Gasteiger partial charge is 1.00 e. The standard InChI is InChI=1S/C7H3F3INO2.Na/c8-7(9,10)3-1-4(11)5(6(13)14)12-2-3;/h1-2H,(H,13,14);/q;+1/p-1. The molecular weight excluding hydrogens is 337 g/mol. The summed E-state index contributed by atoms with van der Waals surface area (Å²) in [7, 11) is 0. The fraction of sp³-hybridized carbons (Fsp3) is 0.143. The molecule has 0 amide bonds. The first-order chi connectivity index (χ1) is 6.32. The van der Waals surface area contributed by atoms with Crippen molar-refractivity contribution in [1.82, 2.24) is 4.98 Å². The van der Waals surface area contributed by atoms with Gasteiger partial charge in [-0.15, -0.1) is 0 Å². The van der Waals surface area contributed by atoms with Crippen molar-refractivity contribution >= 4 is 28.6 Å². The molecule has 0 aliphatic carbocycles. The Hall–Kier alpha value is 0.140. The first kappa shape index (κ1) is 15.1. The summed E-state index contributed by atoms with van der Waals surface area (Å²) >= 11 is 1.46. The molecule has 0 saturated carbocycles. The van der Waals surface area contributed by atoms with Gasteiger partial charge in [-0.25, -0.2) is 0 Å². The van der Waals surface area contributed by atoms with Crippen molar-refractivity contribution in [3.8, 4) is 0 Å². The van der Waals surface area contributed by atoms with E-state index in [1.54, 1.807) is 0 Å². The van der Waals surface area contributed by atoms with Crippen molar-refractivity contribution in [2.45, 2.75) is 6.18 Å². The van der Waals surface area contributed by atoms with Crippen LogP contribution in [0.15, 0.2) is 12.3 Å². The summed E-state index contributed by atoms with van der Waals surface area (Å²) in [5.74, 6) is -1.59. The SMILES string of the molecule is O=C([O-])c1ncc(C(F)(F)F)cc1I.[Na+]. The third-order valence-corrected chi connectivity index (χ3v) is 2.18. The molecule has 8 heteroatoms. The first-order valence-corrected chi connectivity index (χ1v) is 4.34. The van der Waals surface area contributed by atoms with Gasteiger partial charge >= 0.3 is 35.7 Å². The molecule has 0 aliphatic rings. The van der Waals surface area contributed by atoms with Crippen LogP contribution in [0, 0.1) is 3.57 Å². The van der Waals surface area contributed by atoms with Crippen LogP contribution in [0.25, 0.3) is 0 Å². The minimum Gasteiger partial charge on any atom is -0.543 e. The predicted octanol–water partition coefficient (Wildman–Crippen LogP) is -1.93. The predicted molar refractivity (Wildman–Crippen MR) is 46.3 cm³/mol. The van der Waals surface area contributed by atoms with Crippen LogP contribution in [-0.2, 0) is 6.18 Å². The van der Waals surface area contributed by atoms with Gasteiger partial charge in [0.25, 0.3) is 0 Å². The van der Waals surface area contributed by atoms with E-state index in [4.69, 9.17) is 0 Å². The Morgan fingerprint density at radius 3 is 2.33 bits per heavy atom. The smallest absolute Gasteiger partial charge is 0.543 e. The molecule has 3 nitrogen and oxygen atoms in total. The third-order valence-electron chi connectivity index (χ3n) is 1.36. The number of pyridine rings is 1. The van der Waals surface area contributed by atoms with Gasteiger partial charge in [-0.3, -0.25) is 4.98 Å². The number of carbonyl (C=O) groups excluding carboxylic acids is 1. The number of alkyl halides is 3. The van der Waals surface area contributed by atoms with Crippen LogP contribution in [0.4, 0.5) is 13.2 Å². The molecule has 15 heavy (non-hydrogen) atoms. The number of aromatic nitrogens is 1. The van der Waals surface area contributed by atoms with Gasteiger partial charge in [0.1, 0.15) is 0 Å². The van der Waals surface area contributed by atoms with Crippen LogP contribution in [-0.4, -0.2) is 11.0 Å². The Bertz CT molecular complexity index is 383. The molecule has 0 fully saturated rings.